The van der Waals surface area contributed by atoms with E-state index in [1.165, 1.54) is 6.20 Å². The van der Waals surface area contributed by atoms with Crippen LogP contribution in [0.1, 0.15) is 37.9 Å². The largest absolute Gasteiger partial charge is 0.460 e. The van der Waals surface area contributed by atoms with E-state index in [1.807, 2.05) is 51.1 Å². The average molecular weight is 302 g/mol. The fraction of sp³-hybridized carbons (Fsp3) is 0.412. The SMILES string of the molecule is CCOCc1cnc(OCc2ccccc2)n(C(C)C)c1=O. The van der Waals surface area contributed by atoms with Crippen LogP contribution in [0.3, 0.4) is 0 Å². The van der Waals surface area contributed by atoms with Gasteiger partial charge in [-0.15, -0.1) is 0 Å². The van der Waals surface area contributed by atoms with Gasteiger partial charge in [0.1, 0.15) is 6.61 Å². The van der Waals surface area contributed by atoms with E-state index in [4.69, 9.17) is 9.47 Å². The van der Waals surface area contributed by atoms with Crippen LogP contribution in [0.4, 0.5) is 0 Å². The van der Waals surface area contributed by atoms with E-state index in [0.29, 0.717) is 24.8 Å². The number of hydrogen-bond donors (Lipinski definition) is 0. The Balaban J connectivity index is 2.23. The van der Waals surface area contributed by atoms with E-state index in [0.717, 1.165) is 5.56 Å². The fourth-order valence-corrected chi connectivity index (χ4v) is 2.09. The van der Waals surface area contributed by atoms with Crippen molar-refractivity contribution >= 4 is 0 Å². The lowest BCUT2D eigenvalue weighted by Gasteiger charge is -2.16. The van der Waals surface area contributed by atoms with Gasteiger partial charge in [-0.2, -0.15) is 0 Å². The molecule has 0 spiro atoms. The maximum atomic E-state index is 12.5. The number of benzene rings is 1. The maximum absolute atomic E-state index is 12.5. The molecule has 0 saturated carbocycles. The van der Waals surface area contributed by atoms with Gasteiger partial charge in [-0.3, -0.25) is 9.36 Å². The van der Waals surface area contributed by atoms with Crippen molar-refractivity contribution in [2.24, 2.45) is 0 Å². The smallest absolute Gasteiger partial charge is 0.299 e. The minimum Gasteiger partial charge on any atom is -0.460 e. The summed E-state index contributed by atoms with van der Waals surface area (Å²) < 4.78 is 12.6. The quantitative estimate of drug-likeness (QED) is 0.789. The first-order valence-corrected chi connectivity index (χ1v) is 7.48. The summed E-state index contributed by atoms with van der Waals surface area (Å²) in [5, 5.41) is 0. The van der Waals surface area contributed by atoms with Crippen LogP contribution in [-0.4, -0.2) is 16.2 Å². The van der Waals surface area contributed by atoms with Crippen LogP contribution >= 0.6 is 0 Å². The third-order valence-corrected chi connectivity index (χ3v) is 3.22. The first-order chi connectivity index (χ1) is 10.6. The molecule has 0 aliphatic heterocycles. The molecule has 1 aromatic heterocycles. The molecule has 0 atom stereocenters. The molecular formula is C17H22N2O3. The Bertz CT molecular complexity index is 651. The minimum absolute atomic E-state index is 0.0349. The number of nitrogens with zero attached hydrogens (tertiary/aromatic N) is 2. The van der Waals surface area contributed by atoms with Crippen molar-refractivity contribution in [3.63, 3.8) is 0 Å². The molecule has 5 nitrogen and oxygen atoms in total. The Morgan fingerprint density at radius 2 is 1.91 bits per heavy atom. The molecule has 0 saturated heterocycles. The standard InChI is InChI=1S/C17H22N2O3/c1-4-21-12-15-10-18-17(19(13(2)3)16(15)20)22-11-14-8-6-5-7-9-14/h5-10,13H,4,11-12H2,1-3H3. The van der Waals surface area contributed by atoms with Crippen molar-refractivity contribution in [2.45, 2.75) is 40.0 Å². The molecule has 0 amide bonds. The van der Waals surface area contributed by atoms with Gasteiger partial charge in [0.25, 0.3) is 11.6 Å². The fourth-order valence-electron chi connectivity index (χ4n) is 2.09. The van der Waals surface area contributed by atoms with Crippen molar-refractivity contribution in [1.82, 2.24) is 9.55 Å². The molecule has 22 heavy (non-hydrogen) atoms. The third-order valence-electron chi connectivity index (χ3n) is 3.22. The molecule has 0 aliphatic rings. The molecule has 0 aliphatic carbocycles. The predicted octanol–water partition coefficient (Wildman–Crippen LogP) is 2.94. The monoisotopic (exact) mass is 302 g/mol. The van der Waals surface area contributed by atoms with Crippen LogP contribution < -0.4 is 10.3 Å². The van der Waals surface area contributed by atoms with Gasteiger partial charge >= 0.3 is 0 Å². The zero-order chi connectivity index (χ0) is 15.9. The Hall–Kier alpha value is -2.14. The van der Waals surface area contributed by atoms with E-state index in [2.05, 4.69) is 4.98 Å². The summed E-state index contributed by atoms with van der Waals surface area (Å²) in [4.78, 5) is 16.8. The molecule has 0 radical (unpaired) electrons. The van der Waals surface area contributed by atoms with Crippen LogP contribution in [-0.2, 0) is 18.0 Å². The molecule has 0 fully saturated rings. The van der Waals surface area contributed by atoms with Crippen molar-refractivity contribution in [2.75, 3.05) is 6.61 Å². The number of ether oxygens (including phenoxy) is 2. The highest BCUT2D eigenvalue weighted by Gasteiger charge is 2.14. The van der Waals surface area contributed by atoms with E-state index >= 15 is 0 Å². The zero-order valence-corrected chi connectivity index (χ0v) is 13.3. The van der Waals surface area contributed by atoms with Gasteiger partial charge in [0.2, 0.25) is 0 Å². The minimum atomic E-state index is -0.110. The van der Waals surface area contributed by atoms with Gasteiger partial charge in [0.05, 0.1) is 12.2 Å². The lowest BCUT2D eigenvalue weighted by atomic mass is 10.2. The van der Waals surface area contributed by atoms with Gasteiger partial charge in [0.15, 0.2) is 0 Å². The molecular weight excluding hydrogens is 280 g/mol. The van der Waals surface area contributed by atoms with Crippen molar-refractivity contribution in [3.05, 3.63) is 58.0 Å². The summed E-state index contributed by atoms with van der Waals surface area (Å²) in [6.45, 7) is 6.98. The van der Waals surface area contributed by atoms with Gasteiger partial charge in [-0.05, 0) is 26.3 Å². The van der Waals surface area contributed by atoms with Crippen LogP contribution in [0.25, 0.3) is 0 Å². The van der Waals surface area contributed by atoms with Gasteiger partial charge in [0, 0.05) is 18.8 Å². The van der Waals surface area contributed by atoms with Gasteiger partial charge in [-0.25, -0.2) is 4.98 Å². The maximum Gasteiger partial charge on any atom is 0.299 e. The third kappa shape index (κ3) is 3.95. The molecule has 1 aromatic carbocycles. The highest BCUT2D eigenvalue weighted by molar-refractivity contribution is 5.15. The van der Waals surface area contributed by atoms with Crippen molar-refractivity contribution < 1.29 is 9.47 Å². The van der Waals surface area contributed by atoms with E-state index in [1.54, 1.807) is 4.57 Å². The summed E-state index contributed by atoms with van der Waals surface area (Å²) in [5.41, 5.74) is 1.47. The molecule has 0 unspecified atom stereocenters. The Kier molecular flexibility index (Phi) is 5.72. The molecule has 0 bridgehead atoms. The van der Waals surface area contributed by atoms with E-state index in [-0.39, 0.29) is 18.2 Å². The number of rotatable bonds is 7. The van der Waals surface area contributed by atoms with Crippen LogP contribution in [0, 0.1) is 0 Å². The van der Waals surface area contributed by atoms with Crippen LogP contribution in [0.2, 0.25) is 0 Å². The molecule has 1 heterocycles. The number of aromatic nitrogens is 2. The second-order valence-electron chi connectivity index (χ2n) is 5.25. The second-order valence-corrected chi connectivity index (χ2v) is 5.25. The normalized spacial score (nSPS) is 10.9. The molecule has 2 aromatic rings. The topological polar surface area (TPSA) is 53.4 Å². The Morgan fingerprint density at radius 1 is 1.18 bits per heavy atom. The van der Waals surface area contributed by atoms with E-state index < -0.39 is 0 Å². The van der Waals surface area contributed by atoms with Gasteiger partial charge < -0.3 is 9.47 Å². The summed E-state index contributed by atoms with van der Waals surface area (Å²) in [6, 6.07) is 10.1. The van der Waals surface area contributed by atoms with Crippen LogP contribution in [0.15, 0.2) is 41.3 Å². The van der Waals surface area contributed by atoms with Crippen molar-refractivity contribution in [1.29, 1.82) is 0 Å². The predicted molar refractivity (Wildman–Crippen MR) is 85.0 cm³/mol. The van der Waals surface area contributed by atoms with Crippen molar-refractivity contribution in [3.8, 4) is 6.01 Å². The van der Waals surface area contributed by atoms with E-state index in [9.17, 15) is 4.79 Å². The molecule has 5 heteroatoms. The summed E-state index contributed by atoms with van der Waals surface area (Å²) in [7, 11) is 0. The average Bonchev–Trinajstić information content (AvgIpc) is 2.52. The Labute approximate surface area is 130 Å². The molecule has 0 N–H and O–H groups in total. The lowest BCUT2D eigenvalue weighted by molar-refractivity contribution is 0.131. The van der Waals surface area contributed by atoms with Gasteiger partial charge in [-0.1, -0.05) is 30.3 Å². The second kappa shape index (κ2) is 7.75. The summed E-state index contributed by atoms with van der Waals surface area (Å²) in [6.07, 6.45) is 1.54. The van der Waals surface area contributed by atoms with Crippen LogP contribution in [0.5, 0.6) is 6.01 Å². The summed E-state index contributed by atoms with van der Waals surface area (Å²) in [5.74, 6) is 0. The first kappa shape index (κ1) is 16.2. The molecule has 118 valence electrons. The zero-order valence-electron chi connectivity index (χ0n) is 13.3. The first-order valence-electron chi connectivity index (χ1n) is 7.48. The highest BCUT2D eigenvalue weighted by Crippen LogP contribution is 2.14. The Morgan fingerprint density at radius 3 is 2.55 bits per heavy atom. The highest BCUT2D eigenvalue weighted by atomic mass is 16.5. The number of hydrogen-bond acceptors (Lipinski definition) is 4. The summed E-state index contributed by atoms with van der Waals surface area (Å²) >= 11 is 0. The molecule has 2 rings (SSSR count). The lowest BCUT2D eigenvalue weighted by Crippen LogP contribution is -2.28.